The fraction of sp³-hybridized carbons (Fsp3) is 0.529. The van der Waals surface area contributed by atoms with Crippen molar-refractivity contribution in [2.24, 2.45) is 5.92 Å². The number of hydrogen-bond donors (Lipinski definition) is 0. The predicted molar refractivity (Wildman–Crippen MR) is 95.5 cm³/mol. The summed E-state index contributed by atoms with van der Waals surface area (Å²) in [6.07, 6.45) is 2.05. The Balaban J connectivity index is 1.71. The average Bonchev–Trinajstić information content (AvgIpc) is 2.52. The van der Waals surface area contributed by atoms with Crippen LogP contribution in [0.5, 0.6) is 0 Å². The monoisotopic (exact) mass is 399 g/mol. The summed E-state index contributed by atoms with van der Waals surface area (Å²) < 4.78 is 6.13. The maximum absolute atomic E-state index is 12.0. The van der Waals surface area contributed by atoms with Gasteiger partial charge in [0, 0.05) is 22.5 Å². The first-order valence-corrected chi connectivity index (χ1v) is 9.56. The van der Waals surface area contributed by atoms with E-state index in [2.05, 4.69) is 22.9 Å². The van der Waals surface area contributed by atoms with Gasteiger partial charge in [0.25, 0.3) is 5.91 Å². The molecule has 0 atom stereocenters. The Bertz CT molecular complexity index is 571. The van der Waals surface area contributed by atoms with Gasteiger partial charge in [-0.3, -0.25) is 9.59 Å². The highest BCUT2D eigenvalue weighted by molar-refractivity contribution is 9.10. The number of esters is 1. The molecule has 2 rings (SSSR count). The van der Waals surface area contributed by atoms with Gasteiger partial charge < -0.3 is 9.64 Å². The number of rotatable bonds is 5. The number of hydrogen-bond acceptors (Lipinski definition) is 4. The number of piperidine rings is 1. The Morgan fingerprint density at radius 3 is 2.70 bits per heavy atom. The van der Waals surface area contributed by atoms with Crippen molar-refractivity contribution in [3.8, 4) is 0 Å². The lowest BCUT2D eigenvalue weighted by atomic mass is 9.99. The van der Waals surface area contributed by atoms with Crippen molar-refractivity contribution in [3.63, 3.8) is 0 Å². The Labute approximate surface area is 150 Å². The first-order chi connectivity index (χ1) is 11.0. The van der Waals surface area contributed by atoms with Crippen LogP contribution in [-0.4, -0.2) is 42.2 Å². The number of ether oxygens (including phenoxy) is 1. The number of likely N-dealkylation sites (tertiary alicyclic amines) is 1. The molecule has 1 heterocycles. The van der Waals surface area contributed by atoms with Gasteiger partial charge in [-0.2, -0.15) is 0 Å². The Morgan fingerprint density at radius 2 is 2.04 bits per heavy atom. The van der Waals surface area contributed by atoms with Gasteiger partial charge in [-0.1, -0.05) is 22.9 Å². The van der Waals surface area contributed by atoms with Crippen LogP contribution in [0.4, 0.5) is 0 Å². The average molecular weight is 400 g/mol. The second-order valence-electron chi connectivity index (χ2n) is 5.92. The first kappa shape index (κ1) is 18.3. The van der Waals surface area contributed by atoms with Gasteiger partial charge in [-0.25, -0.2) is 0 Å². The normalized spacial score (nSPS) is 15.5. The van der Waals surface area contributed by atoms with Crippen LogP contribution < -0.4 is 0 Å². The summed E-state index contributed by atoms with van der Waals surface area (Å²) in [6.45, 7) is 5.59. The van der Waals surface area contributed by atoms with E-state index in [-0.39, 0.29) is 24.2 Å². The number of aryl methyl sites for hydroxylation is 1. The summed E-state index contributed by atoms with van der Waals surface area (Å²) in [5, 5.41) is 0. The summed E-state index contributed by atoms with van der Waals surface area (Å²) in [4.78, 5) is 26.7. The molecule has 1 saturated heterocycles. The molecule has 0 bridgehead atoms. The third-order valence-electron chi connectivity index (χ3n) is 3.98. The number of carbonyl (C=O) groups is 2. The zero-order valence-electron chi connectivity index (χ0n) is 13.5. The summed E-state index contributed by atoms with van der Waals surface area (Å²) in [5.41, 5.74) is 1.11. The molecule has 126 valence electrons. The number of benzene rings is 1. The molecule has 1 aromatic rings. The Morgan fingerprint density at radius 1 is 1.35 bits per heavy atom. The summed E-state index contributed by atoms with van der Waals surface area (Å²) in [6, 6.07) is 5.92. The van der Waals surface area contributed by atoms with Crippen LogP contribution in [-0.2, 0) is 14.3 Å². The lowest BCUT2D eigenvalue weighted by Crippen LogP contribution is -2.40. The van der Waals surface area contributed by atoms with E-state index >= 15 is 0 Å². The van der Waals surface area contributed by atoms with Crippen molar-refractivity contribution >= 4 is 39.6 Å². The third kappa shape index (κ3) is 5.84. The molecule has 1 aliphatic heterocycles. The highest BCUT2D eigenvalue weighted by atomic mass is 79.9. The maximum Gasteiger partial charge on any atom is 0.316 e. The van der Waals surface area contributed by atoms with E-state index in [1.54, 1.807) is 4.90 Å². The van der Waals surface area contributed by atoms with E-state index in [0.29, 0.717) is 5.92 Å². The first-order valence-electron chi connectivity index (χ1n) is 7.78. The molecule has 0 spiro atoms. The van der Waals surface area contributed by atoms with Crippen LogP contribution in [0.2, 0.25) is 0 Å². The molecule has 1 aromatic carbocycles. The number of carbonyl (C=O) groups excluding carboxylic acids is 2. The second kappa shape index (κ2) is 8.73. The number of nitrogens with zero attached hydrogens (tertiary/aromatic N) is 1. The highest BCUT2D eigenvalue weighted by Gasteiger charge is 2.21. The topological polar surface area (TPSA) is 46.6 Å². The molecule has 4 nitrogen and oxygen atoms in total. The summed E-state index contributed by atoms with van der Waals surface area (Å²) in [7, 11) is 0. The minimum absolute atomic E-state index is 0.0879. The van der Waals surface area contributed by atoms with E-state index in [1.165, 1.54) is 11.8 Å². The maximum atomic E-state index is 12.0. The smallest absolute Gasteiger partial charge is 0.316 e. The molecule has 23 heavy (non-hydrogen) atoms. The van der Waals surface area contributed by atoms with Crippen LogP contribution >= 0.6 is 27.7 Å². The predicted octanol–water partition coefficient (Wildman–Crippen LogP) is 3.65. The van der Waals surface area contributed by atoms with Gasteiger partial charge >= 0.3 is 5.97 Å². The van der Waals surface area contributed by atoms with Crippen molar-refractivity contribution in [1.82, 2.24) is 4.90 Å². The largest absolute Gasteiger partial charge is 0.455 e. The van der Waals surface area contributed by atoms with Gasteiger partial charge in [-0.15, -0.1) is 11.8 Å². The fourth-order valence-corrected chi connectivity index (χ4v) is 3.73. The molecule has 1 aliphatic rings. The van der Waals surface area contributed by atoms with Crippen LogP contribution in [0.15, 0.2) is 27.6 Å². The minimum Gasteiger partial charge on any atom is -0.455 e. The molecular formula is C17H22BrNO3S. The molecule has 1 fully saturated rings. The van der Waals surface area contributed by atoms with E-state index < -0.39 is 0 Å². The molecule has 0 unspecified atom stereocenters. The van der Waals surface area contributed by atoms with Gasteiger partial charge in [0.2, 0.25) is 0 Å². The van der Waals surface area contributed by atoms with Gasteiger partial charge in [0.05, 0.1) is 5.75 Å². The zero-order chi connectivity index (χ0) is 16.8. The van der Waals surface area contributed by atoms with Gasteiger partial charge in [0.15, 0.2) is 6.61 Å². The van der Waals surface area contributed by atoms with E-state index in [0.717, 1.165) is 40.9 Å². The van der Waals surface area contributed by atoms with Crippen molar-refractivity contribution in [2.75, 3.05) is 25.4 Å². The molecule has 0 radical (unpaired) electrons. The van der Waals surface area contributed by atoms with Crippen molar-refractivity contribution in [3.05, 3.63) is 28.2 Å². The summed E-state index contributed by atoms with van der Waals surface area (Å²) in [5.74, 6) is 0.450. The lowest BCUT2D eigenvalue weighted by Gasteiger charge is -2.30. The zero-order valence-corrected chi connectivity index (χ0v) is 15.9. The molecule has 0 aliphatic carbocycles. The molecule has 0 aromatic heterocycles. The Hall–Kier alpha value is -1.01. The lowest BCUT2D eigenvalue weighted by molar-refractivity contribution is -0.150. The van der Waals surface area contributed by atoms with E-state index in [1.807, 2.05) is 25.1 Å². The number of amides is 1. The minimum atomic E-state index is -0.351. The van der Waals surface area contributed by atoms with Crippen LogP contribution in [0.1, 0.15) is 25.3 Å². The van der Waals surface area contributed by atoms with Crippen molar-refractivity contribution in [1.29, 1.82) is 0 Å². The Kier molecular flexibility index (Phi) is 6.96. The van der Waals surface area contributed by atoms with E-state index in [4.69, 9.17) is 4.74 Å². The molecule has 6 heteroatoms. The standard InChI is InChI=1S/C17H22BrNO3S/c1-12-5-7-19(8-6-12)16(20)10-22-17(21)11-23-15-4-3-14(18)9-13(15)2/h3-4,9,12H,5-8,10-11H2,1-2H3. The number of thioether (sulfide) groups is 1. The molecule has 1 amide bonds. The van der Waals surface area contributed by atoms with Crippen molar-refractivity contribution in [2.45, 2.75) is 31.6 Å². The summed E-state index contributed by atoms with van der Waals surface area (Å²) >= 11 is 4.85. The van der Waals surface area contributed by atoms with Gasteiger partial charge in [-0.05, 0) is 49.4 Å². The molecule has 0 N–H and O–H groups in total. The SMILES string of the molecule is Cc1cc(Br)ccc1SCC(=O)OCC(=O)N1CCC(C)CC1. The highest BCUT2D eigenvalue weighted by Crippen LogP contribution is 2.25. The van der Waals surface area contributed by atoms with Crippen LogP contribution in [0.25, 0.3) is 0 Å². The van der Waals surface area contributed by atoms with Crippen LogP contribution in [0, 0.1) is 12.8 Å². The fourth-order valence-electron chi connectivity index (χ4n) is 2.44. The van der Waals surface area contributed by atoms with Crippen LogP contribution in [0.3, 0.4) is 0 Å². The molecule has 0 saturated carbocycles. The van der Waals surface area contributed by atoms with E-state index in [9.17, 15) is 9.59 Å². The van der Waals surface area contributed by atoms with Crippen molar-refractivity contribution < 1.29 is 14.3 Å². The molecular weight excluding hydrogens is 378 g/mol. The quantitative estimate of drug-likeness (QED) is 0.559. The second-order valence-corrected chi connectivity index (χ2v) is 7.86. The van der Waals surface area contributed by atoms with Gasteiger partial charge in [0.1, 0.15) is 0 Å². The number of halogens is 1. The third-order valence-corrected chi connectivity index (χ3v) is 5.62.